The minimum atomic E-state index is -0.682. The molecule has 1 aliphatic heterocycles. The zero-order valence-corrected chi connectivity index (χ0v) is 15.0. The van der Waals surface area contributed by atoms with Crippen LogP contribution in [-0.4, -0.2) is 57.5 Å². The van der Waals surface area contributed by atoms with Crippen LogP contribution < -0.4 is 5.76 Å². The van der Waals surface area contributed by atoms with Crippen molar-refractivity contribution in [2.75, 3.05) is 26.2 Å². The number of amides is 2. The van der Waals surface area contributed by atoms with Crippen LogP contribution in [-0.2, 0) is 11.3 Å². The second-order valence-corrected chi connectivity index (χ2v) is 6.37. The molecule has 144 valence electrons. The topological polar surface area (TPSA) is 102 Å². The van der Waals surface area contributed by atoms with E-state index in [9.17, 15) is 14.4 Å². The van der Waals surface area contributed by atoms with Gasteiger partial charge in [0.1, 0.15) is 6.54 Å². The molecule has 0 unspecified atom stereocenters. The van der Waals surface area contributed by atoms with Gasteiger partial charge in [0, 0.05) is 31.7 Å². The Labute approximate surface area is 159 Å². The van der Waals surface area contributed by atoms with Crippen LogP contribution in [0.25, 0.3) is 11.4 Å². The lowest BCUT2D eigenvalue weighted by atomic mass is 10.2. The molecule has 28 heavy (non-hydrogen) atoms. The van der Waals surface area contributed by atoms with Crippen LogP contribution in [0.1, 0.15) is 10.6 Å². The molecule has 1 saturated heterocycles. The summed E-state index contributed by atoms with van der Waals surface area (Å²) < 4.78 is 11.1. The van der Waals surface area contributed by atoms with E-state index < -0.39 is 5.76 Å². The summed E-state index contributed by atoms with van der Waals surface area (Å²) in [7, 11) is 0. The van der Waals surface area contributed by atoms with E-state index in [2.05, 4.69) is 5.16 Å². The molecular weight excluding hydrogens is 364 g/mol. The van der Waals surface area contributed by atoms with Gasteiger partial charge in [-0.05, 0) is 12.1 Å². The van der Waals surface area contributed by atoms with Gasteiger partial charge in [-0.25, -0.2) is 9.36 Å². The van der Waals surface area contributed by atoms with E-state index in [1.54, 1.807) is 34.1 Å². The van der Waals surface area contributed by atoms with Gasteiger partial charge in [-0.15, -0.1) is 0 Å². The zero-order valence-electron chi connectivity index (χ0n) is 15.0. The average Bonchev–Trinajstić information content (AvgIpc) is 3.39. The number of benzene rings is 1. The summed E-state index contributed by atoms with van der Waals surface area (Å²) in [5.74, 6) is -0.515. The minimum Gasteiger partial charge on any atom is -0.459 e. The maximum absolute atomic E-state index is 12.7. The van der Waals surface area contributed by atoms with Gasteiger partial charge in [0.2, 0.25) is 5.91 Å². The Bertz CT molecular complexity index is 1010. The first kappa shape index (κ1) is 17.8. The van der Waals surface area contributed by atoms with E-state index in [1.807, 2.05) is 18.2 Å². The maximum Gasteiger partial charge on any atom is 0.442 e. The van der Waals surface area contributed by atoms with Crippen LogP contribution in [0.2, 0.25) is 0 Å². The Balaban J connectivity index is 1.41. The lowest BCUT2D eigenvalue weighted by Crippen LogP contribution is -2.51. The lowest BCUT2D eigenvalue weighted by molar-refractivity contribution is -0.133. The molecule has 9 nitrogen and oxygen atoms in total. The third-order valence-corrected chi connectivity index (χ3v) is 4.66. The lowest BCUT2D eigenvalue weighted by Gasteiger charge is -2.34. The van der Waals surface area contributed by atoms with Gasteiger partial charge in [-0.1, -0.05) is 35.5 Å². The zero-order chi connectivity index (χ0) is 19.5. The third kappa shape index (κ3) is 3.46. The number of carbonyl (C=O) groups is 2. The summed E-state index contributed by atoms with van der Waals surface area (Å²) in [6, 6.07) is 12.3. The molecule has 0 radical (unpaired) electrons. The molecule has 9 heteroatoms. The van der Waals surface area contributed by atoms with Crippen LogP contribution in [0, 0.1) is 0 Å². The van der Waals surface area contributed by atoms with Crippen molar-refractivity contribution >= 4 is 11.8 Å². The number of hydrogen-bond acceptors (Lipinski definition) is 6. The van der Waals surface area contributed by atoms with Crippen molar-refractivity contribution in [2.24, 2.45) is 0 Å². The predicted octanol–water partition coefficient (Wildman–Crippen LogP) is 1.08. The Morgan fingerprint density at radius 2 is 1.68 bits per heavy atom. The number of furan rings is 1. The fourth-order valence-corrected chi connectivity index (χ4v) is 3.15. The fraction of sp³-hybridized carbons (Fsp3) is 0.263. The summed E-state index contributed by atoms with van der Waals surface area (Å²) in [6.45, 7) is 1.39. The van der Waals surface area contributed by atoms with E-state index in [4.69, 9.17) is 8.94 Å². The van der Waals surface area contributed by atoms with Crippen molar-refractivity contribution < 1.29 is 18.5 Å². The van der Waals surface area contributed by atoms with Crippen molar-refractivity contribution in [3.05, 3.63) is 65.0 Å². The second kappa shape index (κ2) is 7.55. The highest BCUT2D eigenvalue weighted by Crippen LogP contribution is 2.15. The number of aromatic nitrogens is 2. The van der Waals surface area contributed by atoms with E-state index in [0.29, 0.717) is 37.6 Å². The summed E-state index contributed by atoms with van der Waals surface area (Å²) in [5, 5.41) is 3.79. The Kier molecular flexibility index (Phi) is 4.79. The van der Waals surface area contributed by atoms with Crippen LogP contribution in [0.15, 0.2) is 62.5 Å². The number of carbonyl (C=O) groups excluding carboxylic acids is 2. The van der Waals surface area contributed by atoms with Crippen LogP contribution >= 0.6 is 0 Å². The molecule has 4 rings (SSSR count). The van der Waals surface area contributed by atoms with E-state index in [0.717, 1.165) is 0 Å². The smallest absolute Gasteiger partial charge is 0.442 e. The van der Waals surface area contributed by atoms with Gasteiger partial charge in [0.15, 0.2) is 11.6 Å². The number of nitrogens with zero attached hydrogens (tertiary/aromatic N) is 4. The molecule has 2 amide bonds. The molecule has 1 aromatic carbocycles. The monoisotopic (exact) mass is 382 g/mol. The molecule has 1 fully saturated rings. The quantitative estimate of drug-likeness (QED) is 0.669. The van der Waals surface area contributed by atoms with E-state index in [1.165, 1.54) is 10.8 Å². The summed E-state index contributed by atoms with van der Waals surface area (Å²) in [6.07, 6.45) is 1.45. The normalized spacial score (nSPS) is 14.3. The second-order valence-electron chi connectivity index (χ2n) is 6.37. The summed E-state index contributed by atoms with van der Waals surface area (Å²) in [4.78, 5) is 40.3. The van der Waals surface area contributed by atoms with Gasteiger partial charge in [-0.3, -0.25) is 14.1 Å². The van der Waals surface area contributed by atoms with Crippen molar-refractivity contribution in [3.63, 3.8) is 0 Å². The predicted molar refractivity (Wildman–Crippen MR) is 97.4 cm³/mol. The number of rotatable bonds is 4. The largest absolute Gasteiger partial charge is 0.459 e. The highest BCUT2D eigenvalue weighted by Gasteiger charge is 2.27. The molecule has 1 aliphatic rings. The molecule has 0 bridgehead atoms. The Morgan fingerprint density at radius 3 is 2.36 bits per heavy atom. The van der Waals surface area contributed by atoms with Crippen molar-refractivity contribution in [1.29, 1.82) is 0 Å². The Morgan fingerprint density at radius 1 is 0.964 bits per heavy atom. The molecule has 3 aromatic rings. The molecular formula is C19H18N4O5. The third-order valence-electron chi connectivity index (χ3n) is 4.66. The molecule has 0 saturated carbocycles. The summed E-state index contributed by atoms with van der Waals surface area (Å²) >= 11 is 0. The fourth-order valence-electron chi connectivity index (χ4n) is 3.15. The standard InChI is InChI=1S/C19H18N4O5/c24-16(13-23-17(20-28-19(23)26)14-5-2-1-3-6-14)21-8-10-22(11-9-21)18(25)15-7-4-12-27-15/h1-7,12H,8-11,13H2. The van der Waals surface area contributed by atoms with Crippen molar-refractivity contribution in [3.8, 4) is 11.4 Å². The molecule has 0 aliphatic carbocycles. The molecule has 2 aromatic heterocycles. The average molecular weight is 382 g/mol. The molecule has 0 atom stereocenters. The van der Waals surface area contributed by atoms with Gasteiger partial charge in [-0.2, -0.15) is 0 Å². The Hall–Kier alpha value is -3.62. The van der Waals surface area contributed by atoms with Crippen molar-refractivity contribution in [1.82, 2.24) is 19.5 Å². The molecule has 3 heterocycles. The van der Waals surface area contributed by atoms with E-state index in [-0.39, 0.29) is 24.1 Å². The van der Waals surface area contributed by atoms with Gasteiger partial charge in [0.05, 0.1) is 6.26 Å². The highest BCUT2D eigenvalue weighted by molar-refractivity contribution is 5.91. The first-order valence-corrected chi connectivity index (χ1v) is 8.86. The first-order valence-electron chi connectivity index (χ1n) is 8.86. The first-order chi connectivity index (χ1) is 13.6. The van der Waals surface area contributed by atoms with Crippen LogP contribution in [0.5, 0.6) is 0 Å². The highest BCUT2D eigenvalue weighted by atomic mass is 16.5. The maximum atomic E-state index is 12.7. The number of hydrogen-bond donors (Lipinski definition) is 0. The summed E-state index contributed by atoms with van der Waals surface area (Å²) in [5.41, 5.74) is 0.690. The molecule has 0 spiro atoms. The van der Waals surface area contributed by atoms with E-state index >= 15 is 0 Å². The van der Waals surface area contributed by atoms with Crippen LogP contribution in [0.4, 0.5) is 0 Å². The van der Waals surface area contributed by atoms with Gasteiger partial charge < -0.3 is 14.2 Å². The molecule has 0 N–H and O–H groups in total. The SMILES string of the molecule is O=C(Cn1c(-c2ccccc2)noc1=O)N1CCN(C(=O)c2ccco2)CC1. The number of piperazine rings is 1. The van der Waals surface area contributed by atoms with Gasteiger partial charge >= 0.3 is 5.76 Å². The van der Waals surface area contributed by atoms with Gasteiger partial charge in [0.25, 0.3) is 5.91 Å². The minimum absolute atomic E-state index is 0.168. The van der Waals surface area contributed by atoms with Crippen molar-refractivity contribution in [2.45, 2.75) is 6.54 Å². The van der Waals surface area contributed by atoms with Crippen LogP contribution in [0.3, 0.4) is 0 Å².